The van der Waals surface area contributed by atoms with Crippen LogP contribution < -0.4 is 9.46 Å². The van der Waals surface area contributed by atoms with Gasteiger partial charge in [0.1, 0.15) is 17.3 Å². The number of esters is 1. The molecule has 0 saturated heterocycles. The van der Waals surface area contributed by atoms with Crippen molar-refractivity contribution in [2.75, 3.05) is 7.11 Å². The molecule has 1 aliphatic rings. The van der Waals surface area contributed by atoms with Crippen LogP contribution in [0.3, 0.4) is 0 Å². The third-order valence-electron chi connectivity index (χ3n) is 4.60. The van der Waals surface area contributed by atoms with Gasteiger partial charge in [0.2, 0.25) is 10.0 Å². The molecule has 1 saturated carbocycles. The number of nitrogens with one attached hydrogen (secondary N) is 1. The number of rotatable bonds is 8. The average Bonchev–Trinajstić information content (AvgIpc) is 3.49. The molecule has 0 heterocycles. The quantitative estimate of drug-likeness (QED) is 0.681. The Bertz CT molecular complexity index is 947. The molecular formula is C21H25NO5S. The van der Waals surface area contributed by atoms with Gasteiger partial charge in [-0.1, -0.05) is 38.1 Å². The van der Waals surface area contributed by atoms with Gasteiger partial charge >= 0.3 is 5.97 Å². The summed E-state index contributed by atoms with van der Waals surface area (Å²) in [5.74, 6) is 0.0351. The summed E-state index contributed by atoms with van der Waals surface area (Å²) in [6.45, 7) is 4.34. The monoisotopic (exact) mass is 403 g/mol. The molecule has 0 atom stereocenters. The Balaban J connectivity index is 1.73. The first-order valence-corrected chi connectivity index (χ1v) is 10.7. The maximum Gasteiger partial charge on any atom is 0.338 e. The van der Waals surface area contributed by atoms with E-state index < -0.39 is 16.0 Å². The Morgan fingerprint density at radius 2 is 1.82 bits per heavy atom. The highest BCUT2D eigenvalue weighted by Crippen LogP contribution is 2.28. The van der Waals surface area contributed by atoms with E-state index >= 15 is 0 Å². The van der Waals surface area contributed by atoms with E-state index in [1.165, 1.54) is 30.9 Å². The van der Waals surface area contributed by atoms with E-state index in [9.17, 15) is 13.2 Å². The number of hydrogen-bond acceptors (Lipinski definition) is 5. The van der Waals surface area contributed by atoms with Gasteiger partial charge in [-0.15, -0.1) is 0 Å². The molecule has 2 aromatic rings. The zero-order valence-corrected chi connectivity index (χ0v) is 17.1. The van der Waals surface area contributed by atoms with E-state index in [4.69, 9.17) is 9.47 Å². The Morgan fingerprint density at radius 3 is 2.39 bits per heavy atom. The molecule has 0 bridgehead atoms. The van der Waals surface area contributed by atoms with Crippen LogP contribution in [0.1, 0.15) is 54.1 Å². The van der Waals surface area contributed by atoms with Gasteiger partial charge in [0.05, 0.1) is 12.7 Å². The third-order valence-corrected chi connectivity index (χ3v) is 6.15. The smallest absolute Gasteiger partial charge is 0.338 e. The van der Waals surface area contributed by atoms with Crippen LogP contribution in [0, 0.1) is 0 Å². The van der Waals surface area contributed by atoms with Crippen molar-refractivity contribution in [2.24, 2.45) is 0 Å². The second-order valence-corrected chi connectivity index (χ2v) is 8.92. The molecule has 0 amide bonds. The van der Waals surface area contributed by atoms with Crippen molar-refractivity contribution in [3.8, 4) is 5.75 Å². The summed E-state index contributed by atoms with van der Waals surface area (Å²) >= 11 is 0. The van der Waals surface area contributed by atoms with E-state index in [-0.39, 0.29) is 28.9 Å². The van der Waals surface area contributed by atoms with Crippen molar-refractivity contribution in [2.45, 2.75) is 50.2 Å². The molecule has 6 nitrogen and oxygen atoms in total. The first-order chi connectivity index (χ1) is 13.3. The number of methoxy groups -OCH3 is 1. The second-order valence-electron chi connectivity index (χ2n) is 7.23. The average molecular weight is 404 g/mol. The highest BCUT2D eigenvalue weighted by molar-refractivity contribution is 7.89. The fourth-order valence-corrected chi connectivity index (χ4v) is 4.23. The molecule has 2 aromatic carbocycles. The Kier molecular flexibility index (Phi) is 6.05. The standard InChI is InChI=1S/C21H25NO5S/c1-14(2)16-6-4-15(5-7-16)13-27-21(23)17-8-11-19(26-3)20(12-17)28(24,25)22-18-9-10-18/h4-8,11-12,14,18,22H,9-10,13H2,1-3H3. The van der Waals surface area contributed by atoms with Crippen LogP contribution in [0.15, 0.2) is 47.4 Å². The normalized spacial score (nSPS) is 14.1. The predicted octanol–water partition coefficient (Wildman–Crippen LogP) is 3.62. The second kappa shape index (κ2) is 8.32. The molecule has 3 rings (SSSR count). The molecule has 28 heavy (non-hydrogen) atoms. The van der Waals surface area contributed by atoms with Crippen LogP contribution in [0.25, 0.3) is 0 Å². The van der Waals surface area contributed by atoms with Crippen LogP contribution in [0.4, 0.5) is 0 Å². The minimum Gasteiger partial charge on any atom is -0.495 e. The summed E-state index contributed by atoms with van der Waals surface area (Å²) in [6.07, 6.45) is 1.64. The number of ether oxygens (including phenoxy) is 2. The maximum absolute atomic E-state index is 12.6. The number of sulfonamides is 1. The van der Waals surface area contributed by atoms with E-state index in [0.717, 1.165) is 18.4 Å². The van der Waals surface area contributed by atoms with Gasteiger partial charge in [-0.25, -0.2) is 17.9 Å². The molecule has 0 aromatic heterocycles. The summed E-state index contributed by atoms with van der Waals surface area (Å²) in [4.78, 5) is 12.4. The lowest BCUT2D eigenvalue weighted by Gasteiger charge is -2.12. The maximum atomic E-state index is 12.6. The van der Waals surface area contributed by atoms with Crippen LogP contribution >= 0.6 is 0 Å². The molecule has 0 unspecified atom stereocenters. The van der Waals surface area contributed by atoms with Gasteiger partial charge in [-0.3, -0.25) is 0 Å². The summed E-state index contributed by atoms with van der Waals surface area (Å²) in [5.41, 5.74) is 2.24. The lowest BCUT2D eigenvalue weighted by Crippen LogP contribution is -2.26. The Hall–Kier alpha value is -2.38. The molecule has 0 radical (unpaired) electrons. The van der Waals surface area contributed by atoms with Gasteiger partial charge in [-0.2, -0.15) is 0 Å². The number of hydrogen-bond donors (Lipinski definition) is 1. The summed E-state index contributed by atoms with van der Waals surface area (Å²) in [5, 5.41) is 0. The fourth-order valence-electron chi connectivity index (χ4n) is 2.73. The van der Waals surface area contributed by atoms with E-state index in [1.54, 1.807) is 0 Å². The molecule has 0 aliphatic heterocycles. The number of benzene rings is 2. The van der Waals surface area contributed by atoms with Crippen LogP contribution in [0.5, 0.6) is 5.75 Å². The number of carbonyl (C=O) groups excluding carboxylic acids is 1. The van der Waals surface area contributed by atoms with Gasteiger partial charge in [0.15, 0.2) is 0 Å². The molecule has 1 N–H and O–H groups in total. The van der Waals surface area contributed by atoms with Gasteiger partial charge in [0, 0.05) is 6.04 Å². The van der Waals surface area contributed by atoms with Gasteiger partial charge < -0.3 is 9.47 Å². The van der Waals surface area contributed by atoms with Crippen molar-refractivity contribution in [3.05, 3.63) is 59.2 Å². The van der Waals surface area contributed by atoms with Gasteiger partial charge in [0.25, 0.3) is 0 Å². The molecule has 7 heteroatoms. The molecule has 0 spiro atoms. The fraction of sp³-hybridized carbons (Fsp3) is 0.381. The van der Waals surface area contributed by atoms with Gasteiger partial charge in [-0.05, 0) is 48.1 Å². The lowest BCUT2D eigenvalue weighted by atomic mass is 10.0. The molecule has 1 aliphatic carbocycles. The Morgan fingerprint density at radius 1 is 1.14 bits per heavy atom. The zero-order valence-electron chi connectivity index (χ0n) is 16.3. The first kappa shape index (κ1) is 20.4. The Labute approximate surface area is 165 Å². The summed E-state index contributed by atoms with van der Waals surface area (Å²) in [7, 11) is -2.37. The summed E-state index contributed by atoms with van der Waals surface area (Å²) in [6, 6.07) is 12.1. The van der Waals surface area contributed by atoms with Crippen LogP contribution in [-0.2, 0) is 21.4 Å². The van der Waals surface area contributed by atoms with Crippen molar-refractivity contribution in [1.29, 1.82) is 0 Å². The van der Waals surface area contributed by atoms with E-state index in [1.807, 2.05) is 24.3 Å². The van der Waals surface area contributed by atoms with Crippen LogP contribution in [0.2, 0.25) is 0 Å². The third kappa shape index (κ3) is 4.91. The minimum atomic E-state index is -3.76. The van der Waals surface area contributed by atoms with Crippen molar-refractivity contribution >= 4 is 16.0 Å². The molecule has 150 valence electrons. The van der Waals surface area contributed by atoms with E-state index in [0.29, 0.717) is 5.92 Å². The minimum absolute atomic E-state index is 0.0425. The molecular weight excluding hydrogens is 378 g/mol. The lowest BCUT2D eigenvalue weighted by molar-refractivity contribution is 0.0472. The topological polar surface area (TPSA) is 81.7 Å². The summed E-state index contributed by atoms with van der Waals surface area (Å²) < 4.78 is 38.2. The molecule has 1 fully saturated rings. The van der Waals surface area contributed by atoms with Crippen LogP contribution in [-0.4, -0.2) is 27.5 Å². The SMILES string of the molecule is COc1ccc(C(=O)OCc2ccc(C(C)C)cc2)cc1S(=O)(=O)NC1CC1. The van der Waals surface area contributed by atoms with Crippen molar-refractivity contribution in [3.63, 3.8) is 0 Å². The van der Waals surface area contributed by atoms with Crippen molar-refractivity contribution < 1.29 is 22.7 Å². The highest BCUT2D eigenvalue weighted by atomic mass is 32.2. The zero-order chi connectivity index (χ0) is 20.3. The van der Waals surface area contributed by atoms with Crippen molar-refractivity contribution in [1.82, 2.24) is 4.72 Å². The first-order valence-electron chi connectivity index (χ1n) is 9.26. The van der Waals surface area contributed by atoms with E-state index in [2.05, 4.69) is 18.6 Å². The largest absolute Gasteiger partial charge is 0.495 e. The highest BCUT2D eigenvalue weighted by Gasteiger charge is 2.30. The predicted molar refractivity (Wildman–Crippen MR) is 106 cm³/mol. The number of carbonyl (C=O) groups is 1.